The number of primary amides is 1. The zero-order chi connectivity index (χ0) is 30.7. The number of benzene rings is 1. The first-order valence-corrected chi connectivity index (χ1v) is 12.9. The van der Waals surface area contributed by atoms with Crippen molar-refractivity contribution in [2.24, 2.45) is 11.5 Å². The molecule has 1 aromatic carbocycles. The summed E-state index contributed by atoms with van der Waals surface area (Å²) in [6, 6.07) is 11.9. The van der Waals surface area contributed by atoms with Gasteiger partial charge in [-0.15, -0.1) is 11.3 Å². The van der Waals surface area contributed by atoms with Crippen molar-refractivity contribution in [2.75, 3.05) is 11.4 Å². The van der Waals surface area contributed by atoms with Gasteiger partial charge in [0.15, 0.2) is 5.01 Å². The minimum Gasteiger partial charge on any atom is -0.480 e. The first-order valence-electron chi connectivity index (χ1n) is 12.1. The molecule has 220 valence electrons. The molecule has 0 saturated carbocycles. The van der Waals surface area contributed by atoms with Gasteiger partial charge < -0.3 is 21.7 Å². The maximum absolute atomic E-state index is 12.6. The van der Waals surface area contributed by atoms with Crippen LogP contribution in [0.25, 0.3) is 0 Å². The van der Waals surface area contributed by atoms with Gasteiger partial charge in [0, 0.05) is 22.7 Å². The van der Waals surface area contributed by atoms with Crippen LogP contribution in [0.15, 0.2) is 42.5 Å². The molecule has 41 heavy (non-hydrogen) atoms. The van der Waals surface area contributed by atoms with E-state index in [9.17, 15) is 27.6 Å². The summed E-state index contributed by atoms with van der Waals surface area (Å²) >= 11 is 1.46. The Labute approximate surface area is 236 Å². The number of fused-ring (bicyclic) bond motifs is 1. The minimum atomic E-state index is -5.08. The lowest BCUT2D eigenvalue weighted by molar-refractivity contribution is -0.192. The molecule has 1 aliphatic carbocycles. The predicted molar refractivity (Wildman–Crippen MR) is 144 cm³/mol. The van der Waals surface area contributed by atoms with Crippen LogP contribution in [0.2, 0.25) is 0 Å². The number of anilines is 1. The summed E-state index contributed by atoms with van der Waals surface area (Å²) in [5, 5.41) is 16.7. The van der Waals surface area contributed by atoms with E-state index in [0.29, 0.717) is 28.6 Å². The fourth-order valence-electron chi connectivity index (χ4n) is 3.52. The van der Waals surface area contributed by atoms with Crippen LogP contribution in [0.3, 0.4) is 0 Å². The Bertz CT molecular complexity index is 1370. The lowest BCUT2D eigenvalue weighted by atomic mass is 10.0. The molecule has 0 spiro atoms. The molecule has 15 heteroatoms. The number of thiazole rings is 1. The first kappa shape index (κ1) is 32.8. The van der Waals surface area contributed by atoms with Gasteiger partial charge in [0.2, 0.25) is 0 Å². The largest absolute Gasteiger partial charge is 0.490 e. The summed E-state index contributed by atoms with van der Waals surface area (Å²) in [6.45, 7) is 1.63. The van der Waals surface area contributed by atoms with Crippen molar-refractivity contribution in [3.05, 3.63) is 74.9 Å². The van der Waals surface area contributed by atoms with Gasteiger partial charge in [-0.2, -0.15) is 13.2 Å². The van der Waals surface area contributed by atoms with E-state index in [1.165, 1.54) is 29.1 Å². The van der Waals surface area contributed by atoms with E-state index in [2.05, 4.69) is 9.97 Å². The van der Waals surface area contributed by atoms with Crippen molar-refractivity contribution < 1.29 is 42.6 Å². The standard InChI is InChI=1S/C16H17N3O3.C8H10N2OS.C2HF3O2/c1-11-4-2-7-14(18-11)19(10-15(20)21)16(22)13-6-3-5-12(8-13)9-17;9-7(11)8-10-5-3-1-2-4-6(5)12-8;3-2(4,5)1(6)7/h2-8H,9-10,17H2,1H3,(H,20,21);1-4H2,(H2,9,11);(H,6,7). The second kappa shape index (κ2) is 14.9. The number of halogens is 3. The van der Waals surface area contributed by atoms with E-state index in [1.807, 2.05) is 6.07 Å². The molecule has 0 bridgehead atoms. The van der Waals surface area contributed by atoms with Gasteiger partial charge in [0.25, 0.3) is 11.8 Å². The molecule has 2 aromatic heterocycles. The van der Waals surface area contributed by atoms with Crippen molar-refractivity contribution in [1.29, 1.82) is 0 Å². The number of carbonyl (C=O) groups excluding carboxylic acids is 2. The van der Waals surface area contributed by atoms with Crippen LogP contribution in [0.5, 0.6) is 0 Å². The molecule has 0 atom stereocenters. The van der Waals surface area contributed by atoms with Gasteiger partial charge in [-0.1, -0.05) is 18.2 Å². The lowest BCUT2D eigenvalue weighted by Crippen LogP contribution is -2.36. The Kier molecular flexibility index (Phi) is 11.9. The highest BCUT2D eigenvalue weighted by molar-refractivity contribution is 7.13. The maximum Gasteiger partial charge on any atom is 0.490 e. The minimum absolute atomic E-state index is 0.308. The van der Waals surface area contributed by atoms with Crippen LogP contribution in [-0.2, 0) is 29.0 Å². The van der Waals surface area contributed by atoms with Crippen LogP contribution in [0.1, 0.15) is 54.8 Å². The summed E-state index contributed by atoms with van der Waals surface area (Å²) in [4.78, 5) is 54.2. The summed E-state index contributed by atoms with van der Waals surface area (Å²) in [5.41, 5.74) is 13.7. The van der Waals surface area contributed by atoms with E-state index >= 15 is 0 Å². The quantitative estimate of drug-likeness (QED) is 0.331. The fraction of sp³-hybridized carbons (Fsp3) is 0.308. The Morgan fingerprint density at radius 2 is 1.66 bits per heavy atom. The highest BCUT2D eigenvalue weighted by atomic mass is 32.1. The highest BCUT2D eigenvalue weighted by Gasteiger charge is 2.38. The molecule has 3 aromatic rings. The number of pyridine rings is 1. The van der Waals surface area contributed by atoms with Crippen molar-refractivity contribution in [2.45, 2.75) is 45.3 Å². The Hall–Kier alpha value is -4.37. The predicted octanol–water partition coefficient (Wildman–Crippen LogP) is 3.33. The van der Waals surface area contributed by atoms with E-state index in [4.69, 9.17) is 26.5 Å². The number of carbonyl (C=O) groups is 4. The third kappa shape index (κ3) is 10.3. The summed E-state index contributed by atoms with van der Waals surface area (Å²) in [7, 11) is 0. The molecule has 0 aliphatic heterocycles. The smallest absolute Gasteiger partial charge is 0.480 e. The topological polar surface area (TPSA) is 190 Å². The molecule has 6 N–H and O–H groups in total. The van der Waals surface area contributed by atoms with Gasteiger partial charge in [0.1, 0.15) is 12.4 Å². The van der Waals surface area contributed by atoms with E-state index in [-0.39, 0.29) is 0 Å². The lowest BCUT2D eigenvalue weighted by Gasteiger charge is -2.20. The summed E-state index contributed by atoms with van der Waals surface area (Å²) in [6.07, 6.45) is -0.596. The van der Waals surface area contributed by atoms with Crippen LogP contribution in [-0.4, -0.2) is 56.7 Å². The van der Waals surface area contributed by atoms with Crippen LogP contribution >= 0.6 is 11.3 Å². The summed E-state index contributed by atoms with van der Waals surface area (Å²) < 4.78 is 31.7. The second-order valence-electron chi connectivity index (χ2n) is 8.59. The molecule has 11 nitrogen and oxygen atoms in total. The number of hydrogen-bond donors (Lipinski definition) is 4. The van der Waals surface area contributed by atoms with Gasteiger partial charge in [-0.25, -0.2) is 14.8 Å². The normalized spacial score (nSPS) is 12.0. The molecule has 0 saturated heterocycles. The molecule has 4 rings (SSSR count). The Morgan fingerprint density at radius 1 is 1.02 bits per heavy atom. The number of aryl methyl sites for hydroxylation is 3. The van der Waals surface area contributed by atoms with Crippen LogP contribution in [0, 0.1) is 6.92 Å². The average molecular weight is 596 g/mol. The zero-order valence-electron chi connectivity index (χ0n) is 21.8. The number of carboxylic acid groups (broad SMARTS) is 2. The first-order chi connectivity index (χ1) is 19.2. The number of aromatic nitrogens is 2. The monoisotopic (exact) mass is 595 g/mol. The van der Waals surface area contributed by atoms with Crippen molar-refractivity contribution in [1.82, 2.24) is 9.97 Å². The molecular formula is C26H28F3N5O6S. The molecular weight excluding hydrogens is 567 g/mol. The van der Waals surface area contributed by atoms with E-state index < -0.39 is 36.5 Å². The number of alkyl halides is 3. The third-order valence-electron chi connectivity index (χ3n) is 5.40. The van der Waals surface area contributed by atoms with Crippen LogP contribution < -0.4 is 16.4 Å². The Balaban J connectivity index is 0.000000257. The number of carboxylic acids is 2. The molecule has 0 fully saturated rings. The molecule has 0 unspecified atom stereocenters. The van der Waals surface area contributed by atoms with E-state index in [0.717, 1.165) is 29.0 Å². The summed E-state index contributed by atoms with van der Waals surface area (Å²) in [5.74, 6) is -4.37. The maximum atomic E-state index is 12.6. The van der Waals surface area contributed by atoms with Gasteiger partial charge in [-0.3, -0.25) is 19.3 Å². The number of nitrogens with zero attached hydrogens (tertiary/aromatic N) is 3. The molecule has 2 amide bonds. The number of rotatable bonds is 6. The number of nitrogens with two attached hydrogens (primary N) is 2. The van der Waals surface area contributed by atoms with Gasteiger partial charge >= 0.3 is 18.1 Å². The second-order valence-corrected chi connectivity index (χ2v) is 9.67. The van der Waals surface area contributed by atoms with Crippen molar-refractivity contribution >= 4 is 40.9 Å². The Morgan fingerprint density at radius 3 is 2.20 bits per heavy atom. The van der Waals surface area contributed by atoms with Gasteiger partial charge in [-0.05, 0) is 62.4 Å². The third-order valence-corrected chi connectivity index (χ3v) is 6.57. The van der Waals surface area contributed by atoms with Crippen LogP contribution in [0.4, 0.5) is 19.0 Å². The van der Waals surface area contributed by atoms with Crippen molar-refractivity contribution in [3.8, 4) is 0 Å². The van der Waals surface area contributed by atoms with E-state index in [1.54, 1.807) is 43.3 Å². The molecule has 2 heterocycles. The fourth-order valence-corrected chi connectivity index (χ4v) is 4.52. The number of amides is 2. The van der Waals surface area contributed by atoms with Gasteiger partial charge in [0.05, 0.1) is 5.69 Å². The average Bonchev–Trinajstić information content (AvgIpc) is 3.36. The number of hydrogen-bond acceptors (Lipinski definition) is 8. The highest BCUT2D eigenvalue weighted by Crippen LogP contribution is 2.26. The molecule has 0 radical (unpaired) electrons. The number of aliphatic carboxylic acids is 2. The molecule has 1 aliphatic rings. The zero-order valence-corrected chi connectivity index (χ0v) is 22.7. The van der Waals surface area contributed by atoms with Crippen molar-refractivity contribution in [3.63, 3.8) is 0 Å². The SMILES string of the molecule is Cc1cccc(N(CC(=O)O)C(=O)c2cccc(CN)c2)n1.NC(=O)c1nc2c(s1)CCCC2.O=C(O)C(F)(F)F.